The van der Waals surface area contributed by atoms with E-state index in [0.29, 0.717) is 12.8 Å². The molecule has 0 N–H and O–H groups in total. The van der Waals surface area contributed by atoms with Crippen molar-refractivity contribution in [3.05, 3.63) is 12.2 Å². The zero-order valence-corrected chi connectivity index (χ0v) is 8.66. The molecule has 0 radical (unpaired) electrons. The lowest BCUT2D eigenvalue weighted by Crippen LogP contribution is -2.03. The first-order valence-corrected chi connectivity index (χ1v) is 4.77. The number of carbonyl (C=O) groups is 3. The van der Waals surface area contributed by atoms with E-state index in [2.05, 4.69) is 0 Å². The summed E-state index contributed by atoms with van der Waals surface area (Å²) in [5.74, 6) is -0.272. The standard InChI is InChI=1S/C11H16O3/c1-3-10(8-12)5-7-11(14)6-4-9(2)13/h4,6,8,10H,3,5,7H2,1-2H3. The smallest absolute Gasteiger partial charge is 0.155 e. The van der Waals surface area contributed by atoms with Crippen molar-refractivity contribution in [2.24, 2.45) is 5.92 Å². The normalized spacial score (nSPS) is 12.7. The molecule has 0 saturated heterocycles. The molecule has 0 bridgehead atoms. The molecule has 0 amide bonds. The Morgan fingerprint density at radius 3 is 2.36 bits per heavy atom. The molecule has 0 aliphatic heterocycles. The average Bonchev–Trinajstić information content (AvgIpc) is 2.16. The molecule has 1 unspecified atom stereocenters. The Hall–Kier alpha value is -1.25. The van der Waals surface area contributed by atoms with E-state index in [1.54, 1.807) is 0 Å². The van der Waals surface area contributed by atoms with Gasteiger partial charge in [0.2, 0.25) is 0 Å². The summed E-state index contributed by atoms with van der Waals surface area (Å²) >= 11 is 0. The minimum Gasteiger partial charge on any atom is -0.303 e. The summed E-state index contributed by atoms with van der Waals surface area (Å²) in [7, 11) is 0. The second-order valence-electron chi connectivity index (χ2n) is 3.25. The monoisotopic (exact) mass is 196 g/mol. The molecule has 0 saturated carbocycles. The van der Waals surface area contributed by atoms with Crippen LogP contribution in [0.2, 0.25) is 0 Å². The van der Waals surface area contributed by atoms with Crippen molar-refractivity contribution in [3.63, 3.8) is 0 Å². The van der Waals surface area contributed by atoms with Crippen molar-refractivity contribution in [1.29, 1.82) is 0 Å². The zero-order valence-electron chi connectivity index (χ0n) is 8.66. The largest absolute Gasteiger partial charge is 0.303 e. The molecule has 0 aromatic rings. The van der Waals surface area contributed by atoms with Crippen molar-refractivity contribution in [2.45, 2.75) is 33.1 Å². The summed E-state index contributed by atoms with van der Waals surface area (Å²) in [6.07, 6.45) is 5.07. The molecule has 0 heterocycles. The maximum absolute atomic E-state index is 11.1. The van der Waals surface area contributed by atoms with Crippen LogP contribution in [0.1, 0.15) is 33.1 Å². The molecular weight excluding hydrogens is 180 g/mol. The Kier molecular flexibility index (Phi) is 6.54. The first-order chi connectivity index (χ1) is 6.60. The van der Waals surface area contributed by atoms with Gasteiger partial charge in [-0.25, -0.2) is 0 Å². The molecule has 0 aromatic heterocycles. The van der Waals surface area contributed by atoms with Gasteiger partial charge >= 0.3 is 0 Å². The molecule has 1 atom stereocenters. The lowest BCUT2D eigenvalue weighted by Gasteiger charge is -2.03. The van der Waals surface area contributed by atoms with Crippen LogP contribution in [-0.2, 0) is 14.4 Å². The highest BCUT2D eigenvalue weighted by Crippen LogP contribution is 2.08. The SMILES string of the molecule is CCC(C=O)CCC(=O)C=CC(C)=O. The average molecular weight is 196 g/mol. The van der Waals surface area contributed by atoms with Gasteiger partial charge in [0.05, 0.1) is 0 Å². The lowest BCUT2D eigenvalue weighted by molar-refractivity contribution is -0.116. The molecular formula is C11H16O3. The van der Waals surface area contributed by atoms with Crippen LogP contribution in [0.3, 0.4) is 0 Å². The van der Waals surface area contributed by atoms with Crippen LogP contribution in [0, 0.1) is 5.92 Å². The fraction of sp³-hybridized carbons (Fsp3) is 0.545. The maximum atomic E-state index is 11.1. The topological polar surface area (TPSA) is 51.2 Å². The minimum atomic E-state index is -0.138. The molecule has 3 heteroatoms. The molecule has 3 nitrogen and oxygen atoms in total. The van der Waals surface area contributed by atoms with E-state index in [1.165, 1.54) is 19.1 Å². The van der Waals surface area contributed by atoms with Crippen LogP contribution in [0.15, 0.2) is 12.2 Å². The fourth-order valence-corrected chi connectivity index (χ4v) is 0.990. The Bertz CT molecular complexity index is 241. The van der Waals surface area contributed by atoms with Gasteiger partial charge in [-0.1, -0.05) is 6.92 Å². The Morgan fingerprint density at radius 2 is 1.93 bits per heavy atom. The van der Waals surface area contributed by atoms with Gasteiger partial charge in [-0.2, -0.15) is 0 Å². The number of carbonyl (C=O) groups excluding carboxylic acids is 3. The van der Waals surface area contributed by atoms with Crippen molar-refractivity contribution in [1.82, 2.24) is 0 Å². The number of ketones is 2. The van der Waals surface area contributed by atoms with E-state index < -0.39 is 0 Å². The van der Waals surface area contributed by atoms with Crippen molar-refractivity contribution < 1.29 is 14.4 Å². The number of allylic oxidation sites excluding steroid dienone is 2. The van der Waals surface area contributed by atoms with Gasteiger partial charge in [0.1, 0.15) is 6.29 Å². The molecule has 0 fully saturated rings. The van der Waals surface area contributed by atoms with E-state index in [4.69, 9.17) is 0 Å². The number of rotatable bonds is 7. The Labute approximate surface area is 84.2 Å². The van der Waals surface area contributed by atoms with Crippen molar-refractivity contribution in [3.8, 4) is 0 Å². The summed E-state index contributed by atoms with van der Waals surface area (Å²) in [6, 6.07) is 0. The van der Waals surface area contributed by atoms with Gasteiger partial charge in [-0.05, 0) is 31.9 Å². The summed E-state index contributed by atoms with van der Waals surface area (Å²) in [4.78, 5) is 32.1. The molecule has 0 aliphatic carbocycles. The van der Waals surface area contributed by atoms with Gasteiger partial charge in [0, 0.05) is 12.3 Å². The van der Waals surface area contributed by atoms with Gasteiger partial charge in [-0.3, -0.25) is 9.59 Å². The highest BCUT2D eigenvalue weighted by atomic mass is 16.1. The molecule has 14 heavy (non-hydrogen) atoms. The Balaban J connectivity index is 3.84. The van der Waals surface area contributed by atoms with Gasteiger partial charge in [-0.15, -0.1) is 0 Å². The van der Waals surface area contributed by atoms with Crippen molar-refractivity contribution >= 4 is 17.9 Å². The van der Waals surface area contributed by atoms with Crippen LogP contribution in [0.25, 0.3) is 0 Å². The van der Waals surface area contributed by atoms with Crippen LogP contribution in [0.5, 0.6) is 0 Å². The molecule has 0 aliphatic rings. The maximum Gasteiger partial charge on any atom is 0.155 e. The Morgan fingerprint density at radius 1 is 1.29 bits per heavy atom. The van der Waals surface area contributed by atoms with Crippen LogP contribution in [0.4, 0.5) is 0 Å². The minimum absolute atomic E-state index is 0.0373. The summed E-state index contributed by atoms with van der Waals surface area (Å²) < 4.78 is 0. The van der Waals surface area contributed by atoms with Crippen molar-refractivity contribution in [2.75, 3.05) is 0 Å². The summed E-state index contributed by atoms with van der Waals surface area (Å²) in [6.45, 7) is 3.30. The van der Waals surface area contributed by atoms with E-state index >= 15 is 0 Å². The molecule has 78 valence electrons. The molecule has 0 rings (SSSR count). The molecule has 0 aromatic carbocycles. The molecule has 0 spiro atoms. The van der Waals surface area contributed by atoms with Crippen LogP contribution >= 0.6 is 0 Å². The predicted molar refractivity (Wildman–Crippen MR) is 53.9 cm³/mol. The van der Waals surface area contributed by atoms with Crippen LogP contribution < -0.4 is 0 Å². The first kappa shape index (κ1) is 12.8. The number of hydrogen-bond acceptors (Lipinski definition) is 3. The summed E-state index contributed by atoms with van der Waals surface area (Å²) in [5, 5.41) is 0. The van der Waals surface area contributed by atoms with E-state index in [9.17, 15) is 14.4 Å². The zero-order chi connectivity index (χ0) is 11.0. The third kappa shape index (κ3) is 6.29. The summed E-state index contributed by atoms with van der Waals surface area (Å²) in [5.41, 5.74) is 0. The van der Waals surface area contributed by atoms with E-state index in [0.717, 1.165) is 12.7 Å². The third-order valence-corrected chi connectivity index (χ3v) is 1.98. The number of aldehydes is 1. The highest BCUT2D eigenvalue weighted by molar-refractivity contribution is 5.97. The predicted octanol–water partition coefficient (Wildman–Crippen LogP) is 1.71. The second-order valence-corrected chi connectivity index (χ2v) is 3.25. The van der Waals surface area contributed by atoms with Gasteiger partial charge < -0.3 is 4.79 Å². The highest BCUT2D eigenvalue weighted by Gasteiger charge is 2.06. The fourth-order valence-electron chi connectivity index (χ4n) is 0.990. The number of hydrogen-bond donors (Lipinski definition) is 0. The second kappa shape index (κ2) is 7.18. The lowest BCUT2D eigenvalue weighted by atomic mass is 10.0. The third-order valence-electron chi connectivity index (χ3n) is 1.98. The van der Waals surface area contributed by atoms with Gasteiger partial charge in [0.15, 0.2) is 11.6 Å². The quantitative estimate of drug-likeness (QED) is 0.460. The van der Waals surface area contributed by atoms with Gasteiger partial charge in [0.25, 0.3) is 0 Å². The van der Waals surface area contributed by atoms with Crippen LogP contribution in [-0.4, -0.2) is 17.9 Å². The van der Waals surface area contributed by atoms with E-state index in [-0.39, 0.29) is 17.5 Å². The van der Waals surface area contributed by atoms with E-state index in [1.807, 2.05) is 6.92 Å². The first-order valence-electron chi connectivity index (χ1n) is 4.77.